The molecule has 0 aromatic carbocycles. The number of likely N-dealkylation sites (tertiary alicyclic amines) is 1. The number of thiazole rings is 1. The van der Waals surface area contributed by atoms with Gasteiger partial charge in [0.25, 0.3) is 0 Å². The minimum absolute atomic E-state index is 0.0533. The largest absolute Gasteiger partial charge is 0.444 e. The summed E-state index contributed by atoms with van der Waals surface area (Å²) in [5, 5.41) is 5.15. The molecule has 6 nitrogen and oxygen atoms in total. The lowest BCUT2D eigenvalue weighted by molar-refractivity contribution is -0.141. The average molecular weight is 428 g/mol. The Morgan fingerprint density at radius 3 is 2.72 bits per heavy atom. The van der Waals surface area contributed by atoms with Gasteiger partial charge in [-0.15, -0.1) is 11.3 Å². The molecule has 0 aliphatic carbocycles. The number of pyridine rings is 1. The highest BCUT2D eigenvalue weighted by Crippen LogP contribution is 2.32. The SMILES string of the molecule is CC(C)(C)OC(=O)N1CCC[C@H](c2csc(Nc3cccc(C(F)(F)F)n3)n2)C1. The maximum absolute atomic E-state index is 12.8. The van der Waals surface area contributed by atoms with Crippen LogP contribution in [-0.4, -0.2) is 39.7 Å². The van der Waals surface area contributed by atoms with Crippen LogP contribution in [0.25, 0.3) is 0 Å². The van der Waals surface area contributed by atoms with E-state index in [0.717, 1.165) is 24.6 Å². The Kier molecular flexibility index (Phi) is 6.02. The number of hydrogen-bond donors (Lipinski definition) is 1. The summed E-state index contributed by atoms with van der Waals surface area (Å²) in [5.41, 5.74) is -0.711. The zero-order valence-electron chi connectivity index (χ0n) is 16.4. The third-order valence-electron chi connectivity index (χ3n) is 4.29. The lowest BCUT2D eigenvalue weighted by Crippen LogP contribution is -2.42. The number of piperidine rings is 1. The summed E-state index contributed by atoms with van der Waals surface area (Å²) in [6, 6.07) is 3.68. The molecular formula is C19H23F3N4O2S. The molecule has 29 heavy (non-hydrogen) atoms. The van der Waals surface area contributed by atoms with E-state index < -0.39 is 17.5 Å². The highest BCUT2D eigenvalue weighted by Gasteiger charge is 2.33. The summed E-state index contributed by atoms with van der Waals surface area (Å²) in [4.78, 5) is 22.1. The van der Waals surface area contributed by atoms with E-state index in [1.165, 1.54) is 23.5 Å². The van der Waals surface area contributed by atoms with Crippen LogP contribution in [0.2, 0.25) is 0 Å². The molecular weight excluding hydrogens is 405 g/mol. The van der Waals surface area contributed by atoms with E-state index >= 15 is 0 Å². The van der Waals surface area contributed by atoms with E-state index in [-0.39, 0.29) is 17.8 Å². The molecule has 2 aromatic heterocycles. The van der Waals surface area contributed by atoms with Gasteiger partial charge in [0.05, 0.1) is 5.69 Å². The normalized spacial score (nSPS) is 17.9. The first kappa shape index (κ1) is 21.4. The van der Waals surface area contributed by atoms with Crippen molar-refractivity contribution in [2.45, 2.75) is 51.3 Å². The maximum Gasteiger partial charge on any atom is 0.433 e. The first-order valence-corrected chi connectivity index (χ1v) is 10.1. The molecule has 3 rings (SSSR count). The molecule has 0 unspecified atom stereocenters. The van der Waals surface area contributed by atoms with Gasteiger partial charge in [-0.3, -0.25) is 0 Å². The van der Waals surface area contributed by atoms with E-state index in [2.05, 4.69) is 15.3 Å². The minimum atomic E-state index is -4.50. The molecule has 0 bridgehead atoms. The van der Waals surface area contributed by atoms with Gasteiger partial charge in [-0.1, -0.05) is 6.07 Å². The molecule has 158 valence electrons. The van der Waals surface area contributed by atoms with Gasteiger partial charge in [0.1, 0.15) is 17.1 Å². The van der Waals surface area contributed by atoms with Gasteiger partial charge in [-0.05, 0) is 45.7 Å². The topological polar surface area (TPSA) is 67.3 Å². The van der Waals surface area contributed by atoms with Crippen LogP contribution in [0.15, 0.2) is 23.6 Å². The van der Waals surface area contributed by atoms with Crippen molar-refractivity contribution in [2.75, 3.05) is 18.4 Å². The summed E-state index contributed by atoms with van der Waals surface area (Å²) in [6.45, 7) is 6.61. The minimum Gasteiger partial charge on any atom is -0.444 e. The van der Waals surface area contributed by atoms with Gasteiger partial charge >= 0.3 is 12.3 Å². The van der Waals surface area contributed by atoms with E-state index in [1.807, 2.05) is 26.2 Å². The molecule has 1 saturated heterocycles. The van der Waals surface area contributed by atoms with Crippen LogP contribution in [0.4, 0.5) is 28.9 Å². The summed E-state index contributed by atoms with van der Waals surface area (Å²) in [7, 11) is 0. The van der Waals surface area contributed by atoms with Crippen LogP contribution in [-0.2, 0) is 10.9 Å². The number of nitrogens with zero attached hydrogens (tertiary/aromatic N) is 3. The summed E-state index contributed by atoms with van der Waals surface area (Å²) < 4.78 is 43.9. The number of ether oxygens (including phenoxy) is 1. The molecule has 1 atom stereocenters. The first-order valence-electron chi connectivity index (χ1n) is 9.26. The summed E-state index contributed by atoms with van der Waals surface area (Å²) in [5.74, 6) is 0.136. The molecule has 3 heterocycles. The molecule has 0 saturated carbocycles. The number of halogens is 3. The van der Waals surface area contributed by atoms with Crippen molar-refractivity contribution < 1.29 is 22.7 Å². The average Bonchev–Trinajstić information content (AvgIpc) is 3.08. The van der Waals surface area contributed by atoms with Crippen molar-refractivity contribution in [3.05, 3.63) is 35.0 Å². The second kappa shape index (κ2) is 8.17. The van der Waals surface area contributed by atoms with Crippen molar-refractivity contribution in [3.8, 4) is 0 Å². The van der Waals surface area contributed by atoms with E-state index in [1.54, 1.807) is 4.90 Å². The predicted octanol–water partition coefficient (Wildman–Crippen LogP) is 5.42. The monoisotopic (exact) mass is 428 g/mol. The number of carbonyl (C=O) groups excluding carboxylic acids is 1. The highest BCUT2D eigenvalue weighted by atomic mass is 32.1. The number of carbonyl (C=O) groups is 1. The first-order chi connectivity index (χ1) is 13.5. The van der Waals surface area contributed by atoms with Crippen LogP contribution in [0.3, 0.4) is 0 Å². The molecule has 1 N–H and O–H groups in total. The summed E-state index contributed by atoms with van der Waals surface area (Å²) >= 11 is 1.29. The van der Waals surface area contributed by atoms with Crippen molar-refractivity contribution >= 4 is 28.4 Å². The van der Waals surface area contributed by atoms with E-state index in [9.17, 15) is 18.0 Å². The van der Waals surface area contributed by atoms with Crippen LogP contribution in [0, 0.1) is 0 Å². The number of nitrogens with one attached hydrogen (secondary N) is 1. The van der Waals surface area contributed by atoms with E-state index in [4.69, 9.17) is 4.74 Å². The number of aromatic nitrogens is 2. The Bertz CT molecular complexity index is 864. The zero-order chi connectivity index (χ0) is 21.2. The third-order valence-corrected chi connectivity index (χ3v) is 5.06. The van der Waals surface area contributed by atoms with Crippen molar-refractivity contribution in [2.24, 2.45) is 0 Å². The Hall–Kier alpha value is -2.36. The van der Waals surface area contributed by atoms with Crippen molar-refractivity contribution in [3.63, 3.8) is 0 Å². The molecule has 2 aromatic rings. The van der Waals surface area contributed by atoms with Crippen molar-refractivity contribution in [1.29, 1.82) is 0 Å². The summed E-state index contributed by atoms with van der Waals surface area (Å²) in [6.07, 6.45) is -3.13. The number of amides is 1. The van der Waals surface area contributed by atoms with Gasteiger partial charge < -0.3 is 15.0 Å². The quantitative estimate of drug-likeness (QED) is 0.708. The lowest BCUT2D eigenvalue weighted by atomic mass is 9.96. The van der Waals surface area contributed by atoms with Crippen LogP contribution >= 0.6 is 11.3 Å². The third kappa shape index (κ3) is 5.81. The Labute approximate surface area is 171 Å². The molecule has 1 amide bonds. The molecule has 0 spiro atoms. The Balaban J connectivity index is 1.66. The fourth-order valence-corrected chi connectivity index (χ4v) is 3.81. The van der Waals surface area contributed by atoms with E-state index in [0.29, 0.717) is 18.2 Å². The number of hydrogen-bond acceptors (Lipinski definition) is 6. The number of anilines is 2. The molecule has 1 fully saturated rings. The van der Waals surface area contributed by atoms with Gasteiger partial charge in [0.15, 0.2) is 5.13 Å². The molecule has 1 aliphatic heterocycles. The lowest BCUT2D eigenvalue weighted by Gasteiger charge is -2.33. The number of rotatable bonds is 3. The molecule has 1 aliphatic rings. The van der Waals surface area contributed by atoms with Crippen LogP contribution in [0.5, 0.6) is 0 Å². The Morgan fingerprint density at radius 2 is 2.03 bits per heavy atom. The van der Waals surface area contributed by atoms with Gasteiger partial charge in [0.2, 0.25) is 0 Å². The second-order valence-corrected chi connectivity index (χ2v) is 8.73. The smallest absolute Gasteiger partial charge is 0.433 e. The highest BCUT2D eigenvalue weighted by molar-refractivity contribution is 7.13. The zero-order valence-corrected chi connectivity index (χ0v) is 17.2. The van der Waals surface area contributed by atoms with Crippen LogP contribution < -0.4 is 5.32 Å². The second-order valence-electron chi connectivity index (χ2n) is 7.87. The molecule has 0 radical (unpaired) electrons. The maximum atomic E-state index is 12.8. The molecule has 10 heteroatoms. The van der Waals surface area contributed by atoms with Crippen molar-refractivity contribution in [1.82, 2.24) is 14.9 Å². The predicted molar refractivity (Wildman–Crippen MR) is 104 cm³/mol. The Morgan fingerprint density at radius 1 is 1.28 bits per heavy atom. The van der Waals surface area contributed by atoms with Crippen LogP contribution in [0.1, 0.15) is 50.9 Å². The standard InChI is InChI=1S/C19H23F3N4O2S/c1-18(2,3)28-17(27)26-9-5-6-12(10-26)13-11-29-16(23-13)25-15-8-4-7-14(24-15)19(20,21)22/h4,7-8,11-12H,5-6,9-10H2,1-3H3,(H,23,24,25)/t12-/m0/s1. The fourth-order valence-electron chi connectivity index (χ4n) is 3.01. The van der Waals surface area contributed by atoms with Gasteiger partial charge in [-0.25, -0.2) is 14.8 Å². The fraction of sp³-hybridized carbons (Fsp3) is 0.526. The van der Waals surface area contributed by atoms with Gasteiger partial charge in [-0.2, -0.15) is 13.2 Å². The number of alkyl halides is 3. The van der Waals surface area contributed by atoms with Gasteiger partial charge in [0, 0.05) is 24.4 Å².